The molecule has 0 aliphatic rings. The predicted molar refractivity (Wildman–Crippen MR) is 57.7 cm³/mol. The fourth-order valence-electron chi connectivity index (χ4n) is 1.20. The van der Waals surface area contributed by atoms with Gasteiger partial charge in [0.2, 0.25) is 0 Å². The molecule has 1 unspecified atom stereocenters. The largest absolute Gasteiger partial charge is 0.481 e. The number of carboxylic acid groups (broad SMARTS) is 1. The predicted octanol–water partition coefficient (Wildman–Crippen LogP) is 0.0186. The molecule has 1 atom stereocenters. The summed E-state index contributed by atoms with van der Waals surface area (Å²) in [6, 6.07) is 1.70. The minimum absolute atomic E-state index is 0.0910. The molecule has 0 aliphatic heterocycles. The minimum Gasteiger partial charge on any atom is -0.481 e. The van der Waals surface area contributed by atoms with Gasteiger partial charge < -0.3 is 5.11 Å². The van der Waals surface area contributed by atoms with Crippen molar-refractivity contribution >= 4 is 15.8 Å². The number of aromatic nitrogens is 2. The van der Waals surface area contributed by atoms with Crippen molar-refractivity contribution in [3.8, 4) is 0 Å². The number of rotatable bonds is 6. The van der Waals surface area contributed by atoms with Gasteiger partial charge in [-0.05, 0) is 6.07 Å². The van der Waals surface area contributed by atoms with E-state index < -0.39 is 21.7 Å². The summed E-state index contributed by atoms with van der Waals surface area (Å²) in [6.45, 7) is 1.63. The minimum atomic E-state index is -3.34. The van der Waals surface area contributed by atoms with Gasteiger partial charge in [0.1, 0.15) is 0 Å². The average molecular weight is 246 g/mol. The maximum Gasteiger partial charge on any atom is 0.307 e. The van der Waals surface area contributed by atoms with Crippen LogP contribution in [0.3, 0.4) is 0 Å². The summed E-state index contributed by atoms with van der Waals surface area (Å²) in [5.41, 5.74) is 0. The Morgan fingerprint density at radius 1 is 1.56 bits per heavy atom. The second-order valence-electron chi connectivity index (χ2n) is 3.62. The molecule has 0 fully saturated rings. The maximum absolute atomic E-state index is 11.5. The maximum atomic E-state index is 11.5. The Hall–Kier alpha value is -1.37. The molecular weight excluding hydrogens is 232 g/mol. The number of carbonyl (C=O) groups is 1. The van der Waals surface area contributed by atoms with Crippen LogP contribution in [0.1, 0.15) is 6.92 Å². The number of hydrogen-bond acceptors (Lipinski definition) is 4. The third-order valence-corrected chi connectivity index (χ3v) is 3.93. The third-order valence-electron chi connectivity index (χ3n) is 2.12. The van der Waals surface area contributed by atoms with Gasteiger partial charge >= 0.3 is 5.97 Å². The second kappa shape index (κ2) is 5.11. The zero-order chi connectivity index (χ0) is 12.2. The number of sulfone groups is 1. The molecule has 0 aromatic carbocycles. The van der Waals surface area contributed by atoms with Crippen molar-refractivity contribution in [3.63, 3.8) is 0 Å². The van der Waals surface area contributed by atoms with Gasteiger partial charge in [0.15, 0.2) is 9.84 Å². The quantitative estimate of drug-likeness (QED) is 0.764. The van der Waals surface area contributed by atoms with Crippen molar-refractivity contribution in [2.75, 3.05) is 11.5 Å². The van der Waals surface area contributed by atoms with E-state index in [1.807, 2.05) is 0 Å². The van der Waals surface area contributed by atoms with E-state index in [-0.39, 0.29) is 18.1 Å². The Labute approximate surface area is 93.8 Å². The highest BCUT2D eigenvalue weighted by molar-refractivity contribution is 7.91. The Balaban J connectivity index is 2.49. The van der Waals surface area contributed by atoms with E-state index in [0.717, 1.165) is 0 Å². The van der Waals surface area contributed by atoms with Crippen LogP contribution in [0.5, 0.6) is 0 Å². The zero-order valence-corrected chi connectivity index (χ0v) is 9.72. The number of hydrogen-bond donors (Lipinski definition) is 1. The monoisotopic (exact) mass is 246 g/mol. The first-order valence-corrected chi connectivity index (χ1v) is 6.63. The molecule has 1 heterocycles. The molecule has 0 saturated carbocycles. The highest BCUT2D eigenvalue weighted by Gasteiger charge is 2.20. The molecule has 6 nitrogen and oxygen atoms in total. The first-order chi connectivity index (χ1) is 7.41. The normalized spacial score (nSPS) is 13.6. The van der Waals surface area contributed by atoms with Gasteiger partial charge in [0.05, 0.1) is 24.0 Å². The summed E-state index contributed by atoms with van der Waals surface area (Å²) in [7, 11) is -3.34. The van der Waals surface area contributed by atoms with Crippen LogP contribution >= 0.6 is 0 Å². The summed E-state index contributed by atoms with van der Waals surface area (Å²) in [4.78, 5) is 10.5. The molecule has 0 spiro atoms. The van der Waals surface area contributed by atoms with Gasteiger partial charge in [0, 0.05) is 12.4 Å². The fraction of sp³-hybridized carbons (Fsp3) is 0.556. The van der Waals surface area contributed by atoms with Crippen LogP contribution in [0.4, 0.5) is 0 Å². The summed E-state index contributed by atoms with van der Waals surface area (Å²) >= 11 is 0. The first kappa shape index (κ1) is 12.7. The van der Waals surface area contributed by atoms with Crippen molar-refractivity contribution in [1.29, 1.82) is 0 Å². The molecule has 1 N–H and O–H groups in total. The lowest BCUT2D eigenvalue weighted by Gasteiger charge is -2.07. The zero-order valence-electron chi connectivity index (χ0n) is 8.91. The van der Waals surface area contributed by atoms with Gasteiger partial charge in [-0.3, -0.25) is 9.48 Å². The molecule has 1 aromatic rings. The summed E-state index contributed by atoms with van der Waals surface area (Å²) < 4.78 is 24.6. The molecule has 1 aromatic heterocycles. The average Bonchev–Trinajstić information content (AvgIpc) is 2.66. The highest BCUT2D eigenvalue weighted by Crippen LogP contribution is 2.03. The number of aliphatic carboxylic acids is 1. The Kier molecular flexibility index (Phi) is 4.05. The molecule has 90 valence electrons. The van der Waals surface area contributed by atoms with Crippen LogP contribution in [0, 0.1) is 5.92 Å². The SMILES string of the molecule is CC(CS(=O)(=O)CCn1cccn1)C(=O)O. The topological polar surface area (TPSA) is 89.3 Å². The number of aryl methyl sites for hydroxylation is 1. The van der Waals surface area contributed by atoms with Crippen molar-refractivity contribution in [2.24, 2.45) is 5.92 Å². The van der Waals surface area contributed by atoms with Gasteiger partial charge in [0.25, 0.3) is 0 Å². The summed E-state index contributed by atoms with van der Waals surface area (Å²) in [5.74, 6) is -2.39. The van der Waals surface area contributed by atoms with Crippen LogP contribution in [0.15, 0.2) is 18.5 Å². The summed E-state index contributed by atoms with van der Waals surface area (Å²) in [6.07, 6.45) is 3.22. The van der Waals surface area contributed by atoms with Crippen LogP contribution < -0.4 is 0 Å². The lowest BCUT2D eigenvalue weighted by molar-refractivity contribution is -0.140. The molecule has 0 aliphatic carbocycles. The molecular formula is C9H14N2O4S. The Morgan fingerprint density at radius 2 is 2.25 bits per heavy atom. The van der Waals surface area contributed by atoms with E-state index in [4.69, 9.17) is 5.11 Å². The third kappa shape index (κ3) is 4.01. The van der Waals surface area contributed by atoms with E-state index in [0.29, 0.717) is 0 Å². The van der Waals surface area contributed by atoms with E-state index in [9.17, 15) is 13.2 Å². The number of carboxylic acids is 1. The standard InChI is InChI=1S/C9H14N2O4S/c1-8(9(12)13)7-16(14,15)6-5-11-4-2-3-10-11/h2-4,8H,5-7H2,1H3,(H,12,13). The van der Waals surface area contributed by atoms with Crippen LogP contribution in [-0.4, -0.2) is 40.8 Å². The van der Waals surface area contributed by atoms with E-state index in [1.54, 1.807) is 18.5 Å². The van der Waals surface area contributed by atoms with E-state index in [2.05, 4.69) is 5.10 Å². The van der Waals surface area contributed by atoms with Crippen molar-refractivity contribution in [2.45, 2.75) is 13.5 Å². The highest BCUT2D eigenvalue weighted by atomic mass is 32.2. The lowest BCUT2D eigenvalue weighted by Crippen LogP contribution is -2.24. The summed E-state index contributed by atoms with van der Waals surface area (Å²) in [5, 5.41) is 12.5. The van der Waals surface area contributed by atoms with Gasteiger partial charge in [-0.2, -0.15) is 5.10 Å². The van der Waals surface area contributed by atoms with Crippen molar-refractivity contribution < 1.29 is 18.3 Å². The van der Waals surface area contributed by atoms with Gasteiger partial charge in [-0.25, -0.2) is 8.42 Å². The molecule has 7 heteroatoms. The molecule has 0 amide bonds. The smallest absolute Gasteiger partial charge is 0.307 e. The van der Waals surface area contributed by atoms with Gasteiger partial charge in [-0.1, -0.05) is 6.92 Å². The molecule has 1 rings (SSSR count). The lowest BCUT2D eigenvalue weighted by atomic mass is 10.2. The van der Waals surface area contributed by atoms with Crippen LogP contribution in [0.2, 0.25) is 0 Å². The molecule has 0 saturated heterocycles. The second-order valence-corrected chi connectivity index (χ2v) is 5.85. The van der Waals surface area contributed by atoms with Crippen molar-refractivity contribution in [3.05, 3.63) is 18.5 Å². The Morgan fingerprint density at radius 3 is 2.75 bits per heavy atom. The van der Waals surface area contributed by atoms with Crippen LogP contribution in [0.25, 0.3) is 0 Å². The van der Waals surface area contributed by atoms with Crippen LogP contribution in [-0.2, 0) is 21.2 Å². The van der Waals surface area contributed by atoms with E-state index in [1.165, 1.54) is 11.6 Å². The van der Waals surface area contributed by atoms with Crippen molar-refractivity contribution in [1.82, 2.24) is 9.78 Å². The molecule has 16 heavy (non-hydrogen) atoms. The first-order valence-electron chi connectivity index (χ1n) is 4.81. The fourth-order valence-corrected chi connectivity index (χ4v) is 2.74. The van der Waals surface area contributed by atoms with Gasteiger partial charge in [-0.15, -0.1) is 0 Å². The Bertz CT molecular complexity index is 438. The number of nitrogens with zero attached hydrogens (tertiary/aromatic N) is 2. The molecule has 0 bridgehead atoms. The van der Waals surface area contributed by atoms with E-state index >= 15 is 0 Å². The molecule has 0 radical (unpaired) electrons.